The third-order valence-electron chi connectivity index (χ3n) is 4.29. The lowest BCUT2D eigenvalue weighted by Crippen LogP contribution is -1.92. The van der Waals surface area contributed by atoms with E-state index >= 15 is 0 Å². The summed E-state index contributed by atoms with van der Waals surface area (Å²) in [5.41, 5.74) is 7.05. The van der Waals surface area contributed by atoms with E-state index < -0.39 is 0 Å². The molecule has 0 fully saturated rings. The Morgan fingerprint density at radius 1 is 0.750 bits per heavy atom. The van der Waals surface area contributed by atoms with Crippen LogP contribution >= 0.6 is 0 Å². The first-order valence-corrected chi connectivity index (χ1v) is 7.81. The summed E-state index contributed by atoms with van der Waals surface area (Å²) >= 11 is 0. The molecule has 4 rings (SSSR count). The van der Waals surface area contributed by atoms with Crippen LogP contribution in [0.1, 0.15) is 13.0 Å². The Morgan fingerprint density at radius 3 is 2.08 bits per heavy atom. The van der Waals surface area contributed by atoms with E-state index in [9.17, 15) is 0 Å². The lowest BCUT2D eigenvalue weighted by Gasteiger charge is -2.05. The van der Waals surface area contributed by atoms with Gasteiger partial charge >= 0.3 is 0 Å². The zero-order valence-corrected chi connectivity index (χ0v) is 13.3. The van der Waals surface area contributed by atoms with Crippen molar-refractivity contribution in [2.24, 2.45) is 7.05 Å². The maximum atomic E-state index is 4.81. The van der Waals surface area contributed by atoms with Gasteiger partial charge in [-0.05, 0) is 35.7 Å². The molecule has 0 N–H and O–H groups in total. The van der Waals surface area contributed by atoms with Gasteiger partial charge in [-0.15, -0.1) is 0 Å². The fourth-order valence-corrected chi connectivity index (χ4v) is 3.01. The summed E-state index contributed by atoms with van der Waals surface area (Å²) in [6.07, 6.45) is 0. The van der Waals surface area contributed by atoms with Crippen LogP contribution in [0.25, 0.3) is 33.5 Å². The van der Waals surface area contributed by atoms with Gasteiger partial charge in [-0.1, -0.05) is 68.1 Å². The molecule has 0 bridgehead atoms. The molecule has 1 heterocycles. The molecule has 120 valence electrons. The standard InChI is InChI=1S/C21H18N2.CH4/c1-15-8-13-20-19(14-15)22-21(23(20)2)18-11-9-17(10-12-18)16-6-4-3-5-7-16;/h3-14H,1-2H3;1H4. The molecule has 0 unspecified atom stereocenters. The van der Waals surface area contributed by atoms with Crippen molar-refractivity contribution in [1.29, 1.82) is 0 Å². The van der Waals surface area contributed by atoms with E-state index in [4.69, 9.17) is 4.98 Å². The smallest absolute Gasteiger partial charge is 0.140 e. The number of nitrogens with zero attached hydrogens (tertiary/aromatic N) is 2. The molecule has 3 aromatic carbocycles. The molecule has 24 heavy (non-hydrogen) atoms. The second-order valence-electron chi connectivity index (χ2n) is 5.93. The van der Waals surface area contributed by atoms with Gasteiger partial charge in [-0.3, -0.25) is 0 Å². The van der Waals surface area contributed by atoms with Gasteiger partial charge < -0.3 is 4.57 Å². The van der Waals surface area contributed by atoms with E-state index in [1.165, 1.54) is 16.7 Å². The molecule has 0 spiro atoms. The van der Waals surface area contributed by atoms with Gasteiger partial charge in [-0.2, -0.15) is 0 Å². The van der Waals surface area contributed by atoms with Crippen LogP contribution in [0.3, 0.4) is 0 Å². The Balaban J connectivity index is 0.00000169. The van der Waals surface area contributed by atoms with Crippen molar-refractivity contribution in [3.8, 4) is 22.5 Å². The quantitative estimate of drug-likeness (QED) is 0.453. The minimum atomic E-state index is 0. The zero-order chi connectivity index (χ0) is 15.8. The maximum Gasteiger partial charge on any atom is 0.140 e. The number of hydrogen-bond acceptors (Lipinski definition) is 1. The van der Waals surface area contributed by atoms with Gasteiger partial charge in [0, 0.05) is 12.6 Å². The summed E-state index contributed by atoms with van der Waals surface area (Å²) in [7, 11) is 2.07. The fraction of sp³-hybridized carbons (Fsp3) is 0.136. The molecule has 0 saturated carbocycles. The van der Waals surface area contributed by atoms with Crippen LogP contribution in [0, 0.1) is 6.92 Å². The summed E-state index contributed by atoms with van der Waals surface area (Å²) < 4.78 is 2.16. The number of aryl methyl sites for hydroxylation is 2. The average molecular weight is 314 g/mol. The lowest BCUT2D eigenvalue weighted by molar-refractivity contribution is 0.959. The summed E-state index contributed by atoms with van der Waals surface area (Å²) in [5, 5.41) is 0. The number of hydrogen-bond donors (Lipinski definition) is 0. The van der Waals surface area contributed by atoms with Crippen LogP contribution < -0.4 is 0 Å². The third kappa shape index (κ3) is 2.71. The largest absolute Gasteiger partial charge is 0.327 e. The maximum absolute atomic E-state index is 4.81. The highest BCUT2D eigenvalue weighted by Crippen LogP contribution is 2.27. The molecule has 2 heteroatoms. The van der Waals surface area contributed by atoms with E-state index in [-0.39, 0.29) is 7.43 Å². The van der Waals surface area contributed by atoms with Gasteiger partial charge in [0.2, 0.25) is 0 Å². The topological polar surface area (TPSA) is 17.8 Å². The number of imidazole rings is 1. The van der Waals surface area contributed by atoms with Crippen LogP contribution in [0.2, 0.25) is 0 Å². The van der Waals surface area contributed by atoms with Crippen molar-refractivity contribution in [2.45, 2.75) is 14.4 Å². The van der Waals surface area contributed by atoms with Crippen molar-refractivity contribution in [3.05, 3.63) is 78.4 Å². The SMILES string of the molecule is C.Cc1ccc2c(c1)nc(-c1ccc(-c3ccccc3)cc1)n2C. The summed E-state index contributed by atoms with van der Waals surface area (Å²) in [6.45, 7) is 2.10. The molecule has 0 radical (unpaired) electrons. The normalized spacial score (nSPS) is 10.6. The summed E-state index contributed by atoms with van der Waals surface area (Å²) in [5.74, 6) is 1.00. The van der Waals surface area contributed by atoms with Crippen LogP contribution in [0.15, 0.2) is 72.8 Å². The molecule has 0 aliphatic rings. The van der Waals surface area contributed by atoms with Crippen molar-refractivity contribution in [1.82, 2.24) is 9.55 Å². The molecule has 0 amide bonds. The van der Waals surface area contributed by atoms with Gasteiger partial charge in [0.25, 0.3) is 0 Å². The van der Waals surface area contributed by atoms with Crippen molar-refractivity contribution in [2.75, 3.05) is 0 Å². The molecular formula is C22H22N2. The Kier molecular flexibility index (Phi) is 4.22. The molecule has 1 aromatic heterocycles. The lowest BCUT2D eigenvalue weighted by atomic mass is 10.0. The van der Waals surface area contributed by atoms with Crippen molar-refractivity contribution >= 4 is 11.0 Å². The van der Waals surface area contributed by atoms with E-state index in [2.05, 4.69) is 85.3 Å². The molecule has 0 aliphatic carbocycles. The minimum Gasteiger partial charge on any atom is -0.327 e. The van der Waals surface area contributed by atoms with E-state index in [1.807, 2.05) is 6.07 Å². The van der Waals surface area contributed by atoms with E-state index in [0.717, 1.165) is 22.4 Å². The van der Waals surface area contributed by atoms with Crippen molar-refractivity contribution in [3.63, 3.8) is 0 Å². The summed E-state index contributed by atoms with van der Waals surface area (Å²) in [6, 6.07) is 25.5. The van der Waals surface area contributed by atoms with Crippen LogP contribution in [-0.4, -0.2) is 9.55 Å². The second kappa shape index (κ2) is 6.32. The molecule has 0 saturated heterocycles. The molecule has 2 nitrogen and oxygen atoms in total. The van der Waals surface area contributed by atoms with Gasteiger partial charge in [0.1, 0.15) is 5.82 Å². The molecular weight excluding hydrogens is 292 g/mol. The first kappa shape index (κ1) is 16.0. The highest BCUT2D eigenvalue weighted by Gasteiger charge is 2.10. The monoisotopic (exact) mass is 314 g/mol. The molecule has 0 atom stereocenters. The number of aromatic nitrogens is 2. The predicted molar refractivity (Wildman–Crippen MR) is 103 cm³/mol. The zero-order valence-electron chi connectivity index (χ0n) is 13.3. The molecule has 0 aliphatic heterocycles. The Labute approximate surface area is 143 Å². The second-order valence-corrected chi connectivity index (χ2v) is 5.93. The van der Waals surface area contributed by atoms with Crippen molar-refractivity contribution < 1.29 is 0 Å². The predicted octanol–water partition coefficient (Wildman–Crippen LogP) is 5.85. The van der Waals surface area contributed by atoms with E-state index in [1.54, 1.807) is 0 Å². The van der Waals surface area contributed by atoms with Gasteiger partial charge in [0.15, 0.2) is 0 Å². The number of rotatable bonds is 2. The third-order valence-corrected chi connectivity index (χ3v) is 4.29. The highest BCUT2D eigenvalue weighted by atomic mass is 15.1. The Hall–Kier alpha value is -2.87. The molecule has 4 aromatic rings. The minimum absolute atomic E-state index is 0. The first-order valence-electron chi connectivity index (χ1n) is 7.81. The Bertz CT molecular complexity index is 964. The number of benzene rings is 3. The van der Waals surface area contributed by atoms with Gasteiger partial charge in [-0.25, -0.2) is 4.98 Å². The van der Waals surface area contributed by atoms with Crippen LogP contribution in [0.4, 0.5) is 0 Å². The van der Waals surface area contributed by atoms with Crippen LogP contribution in [0.5, 0.6) is 0 Å². The first-order chi connectivity index (χ1) is 11.2. The van der Waals surface area contributed by atoms with E-state index in [0.29, 0.717) is 0 Å². The number of fused-ring (bicyclic) bond motifs is 1. The highest BCUT2D eigenvalue weighted by molar-refractivity contribution is 5.81. The average Bonchev–Trinajstić information content (AvgIpc) is 2.92. The van der Waals surface area contributed by atoms with Gasteiger partial charge in [0.05, 0.1) is 11.0 Å². The fourth-order valence-electron chi connectivity index (χ4n) is 3.01. The van der Waals surface area contributed by atoms with Crippen LogP contribution in [-0.2, 0) is 7.05 Å². The Morgan fingerprint density at radius 2 is 1.38 bits per heavy atom. The summed E-state index contributed by atoms with van der Waals surface area (Å²) in [4.78, 5) is 4.81.